The first kappa shape index (κ1) is 13.3. The molecule has 1 fully saturated rings. The third-order valence-corrected chi connectivity index (χ3v) is 4.67. The lowest BCUT2D eigenvalue weighted by Crippen LogP contribution is -2.38. The fourth-order valence-corrected chi connectivity index (χ4v) is 3.41. The lowest BCUT2D eigenvalue weighted by Gasteiger charge is -2.34. The van der Waals surface area contributed by atoms with Crippen molar-refractivity contribution in [3.8, 4) is 6.07 Å². The number of hydrogen-bond acceptors (Lipinski definition) is 4. The molecule has 1 unspecified atom stereocenters. The Kier molecular flexibility index (Phi) is 4.51. The zero-order valence-corrected chi connectivity index (χ0v) is 11.4. The zero-order chi connectivity index (χ0) is 13.0. The molecule has 1 atom stereocenters. The minimum atomic E-state index is -0.0115. The number of aliphatic hydroxyl groups is 1. The molecule has 1 heterocycles. The molecule has 3 nitrogen and oxygen atoms in total. The molecule has 1 saturated heterocycles. The summed E-state index contributed by atoms with van der Waals surface area (Å²) in [5, 5.41) is 19.0. The van der Waals surface area contributed by atoms with Crippen LogP contribution in [-0.2, 0) is 6.61 Å². The Morgan fingerprint density at radius 1 is 1.56 bits per heavy atom. The van der Waals surface area contributed by atoms with E-state index in [1.54, 1.807) is 6.07 Å². The van der Waals surface area contributed by atoms with Gasteiger partial charge in [-0.3, -0.25) is 0 Å². The van der Waals surface area contributed by atoms with Crippen LogP contribution in [0.4, 0.5) is 5.69 Å². The molecule has 2 rings (SSSR count). The van der Waals surface area contributed by atoms with E-state index in [4.69, 9.17) is 5.11 Å². The van der Waals surface area contributed by atoms with Crippen LogP contribution in [0.3, 0.4) is 0 Å². The Hall–Kier alpha value is -1.18. The predicted octanol–water partition coefficient (Wildman–Crippen LogP) is 2.38. The number of nitriles is 1. The highest BCUT2D eigenvalue weighted by molar-refractivity contribution is 8.00. The van der Waals surface area contributed by atoms with Crippen LogP contribution in [0.2, 0.25) is 0 Å². The summed E-state index contributed by atoms with van der Waals surface area (Å²) in [6.45, 7) is 4.20. The Labute approximate surface area is 112 Å². The van der Waals surface area contributed by atoms with Gasteiger partial charge in [0.25, 0.3) is 0 Å². The molecule has 1 N–H and O–H groups in total. The van der Waals surface area contributed by atoms with Gasteiger partial charge in [-0.05, 0) is 24.1 Å². The Morgan fingerprint density at radius 2 is 2.39 bits per heavy atom. The third kappa shape index (κ3) is 2.80. The smallest absolute Gasteiger partial charge is 0.101 e. The standard InChI is InChI=1S/C14H18N2OS/c1-2-13-9-16(5-6-18-13)14-4-3-11(10-17)7-12(14)8-15/h3-4,7,13,17H,2,5-6,9-10H2,1H3. The largest absolute Gasteiger partial charge is 0.392 e. The first-order valence-electron chi connectivity index (χ1n) is 6.29. The van der Waals surface area contributed by atoms with E-state index in [1.165, 1.54) is 0 Å². The summed E-state index contributed by atoms with van der Waals surface area (Å²) in [5.41, 5.74) is 2.48. The molecule has 0 amide bonds. The van der Waals surface area contributed by atoms with E-state index in [2.05, 4.69) is 17.9 Å². The lowest BCUT2D eigenvalue weighted by molar-refractivity contribution is 0.282. The molecule has 1 aliphatic rings. The minimum absolute atomic E-state index is 0.0115. The van der Waals surface area contributed by atoms with Crippen molar-refractivity contribution in [1.82, 2.24) is 0 Å². The van der Waals surface area contributed by atoms with Crippen molar-refractivity contribution < 1.29 is 5.11 Å². The second-order valence-electron chi connectivity index (χ2n) is 4.47. The van der Waals surface area contributed by atoms with E-state index in [-0.39, 0.29) is 6.61 Å². The molecular weight excluding hydrogens is 244 g/mol. The van der Waals surface area contributed by atoms with Crippen LogP contribution in [0, 0.1) is 11.3 Å². The maximum atomic E-state index is 9.23. The average molecular weight is 262 g/mol. The van der Waals surface area contributed by atoms with Gasteiger partial charge < -0.3 is 10.0 Å². The summed E-state index contributed by atoms with van der Waals surface area (Å²) in [4.78, 5) is 2.30. The monoisotopic (exact) mass is 262 g/mol. The van der Waals surface area contributed by atoms with Crippen molar-refractivity contribution >= 4 is 17.4 Å². The summed E-state index contributed by atoms with van der Waals surface area (Å²) in [5.74, 6) is 1.12. The number of rotatable bonds is 3. The first-order chi connectivity index (χ1) is 8.78. The molecule has 4 heteroatoms. The molecule has 1 aliphatic heterocycles. The summed E-state index contributed by atoms with van der Waals surface area (Å²) in [6, 6.07) is 7.90. The van der Waals surface area contributed by atoms with Crippen LogP contribution in [0.5, 0.6) is 0 Å². The first-order valence-corrected chi connectivity index (χ1v) is 7.33. The van der Waals surface area contributed by atoms with E-state index in [0.717, 1.165) is 36.5 Å². The van der Waals surface area contributed by atoms with Crippen molar-refractivity contribution in [1.29, 1.82) is 5.26 Å². The molecule has 0 radical (unpaired) electrons. The summed E-state index contributed by atoms with van der Waals surface area (Å²) >= 11 is 2.02. The van der Waals surface area contributed by atoms with Gasteiger partial charge in [0.15, 0.2) is 0 Å². The maximum Gasteiger partial charge on any atom is 0.101 e. The maximum absolute atomic E-state index is 9.23. The Balaban J connectivity index is 2.24. The Morgan fingerprint density at radius 3 is 3.06 bits per heavy atom. The molecule has 0 aliphatic carbocycles. The third-order valence-electron chi connectivity index (χ3n) is 3.30. The Bertz CT molecular complexity index is 456. The second kappa shape index (κ2) is 6.12. The van der Waals surface area contributed by atoms with E-state index in [9.17, 15) is 5.26 Å². The number of anilines is 1. The normalized spacial score (nSPS) is 19.6. The minimum Gasteiger partial charge on any atom is -0.392 e. The molecule has 96 valence electrons. The number of benzene rings is 1. The zero-order valence-electron chi connectivity index (χ0n) is 10.6. The molecule has 0 aromatic heterocycles. The van der Waals surface area contributed by atoms with E-state index < -0.39 is 0 Å². The second-order valence-corrected chi connectivity index (χ2v) is 5.88. The van der Waals surface area contributed by atoms with Crippen LogP contribution >= 0.6 is 11.8 Å². The lowest BCUT2D eigenvalue weighted by atomic mass is 10.1. The highest BCUT2D eigenvalue weighted by atomic mass is 32.2. The average Bonchev–Trinajstić information content (AvgIpc) is 2.46. The molecular formula is C14H18N2OS. The van der Waals surface area contributed by atoms with Gasteiger partial charge in [-0.1, -0.05) is 13.0 Å². The van der Waals surface area contributed by atoms with Crippen LogP contribution in [-0.4, -0.2) is 29.2 Å². The predicted molar refractivity (Wildman–Crippen MR) is 75.8 cm³/mol. The van der Waals surface area contributed by atoms with Gasteiger partial charge in [0.05, 0.1) is 17.9 Å². The molecule has 0 spiro atoms. The molecule has 18 heavy (non-hydrogen) atoms. The quantitative estimate of drug-likeness (QED) is 0.908. The van der Waals surface area contributed by atoms with E-state index >= 15 is 0 Å². The van der Waals surface area contributed by atoms with Crippen molar-refractivity contribution in [2.45, 2.75) is 25.2 Å². The van der Waals surface area contributed by atoms with Crippen LogP contribution in [0.15, 0.2) is 18.2 Å². The van der Waals surface area contributed by atoms with Gasteiger partial charge in [-0.2, -0.15) is 17.0 Å². The number of nitrogens with zero attached hydrogens (tertiary/aromatic N) is 2. The summed E-state index contributed by atoms with van der Waals surface area (Å²) < 4.78 is 0. The van der Waals surface area contributed by atoms with E-state index in [0.29, 0.717) is 10.8 Å². The van der Waals surface area contributed by atoms with Crippen LogP contribution < -0.4 is 4.90 Å². The van der Waals surface area contributed by atoms with Gasteiger partial charge in [0, 0.05) is 24.1 Å². The van der Waals surface area contributed by atoms with Gasteiger partial charge in [0.1, 0.15) is 6.07 Å². The highest BCUT2D eigenvalue weighted by Crippen LogP contribution is 2.28. The number of thioether (sulfide) groups is 1. The number of aliphatic hydroxyl groups excluding tert-OH is 1. The van der Waals surface area contributed by atoms with Gasteiger partial charge in [0.2, 0.25) is 0 Å². The molecule has 0 saturated carbocycles. The van der Waals surface area contributed by atoms with Crippen molar-refractivity contribution in [3.63, 3.8) is 0 Å². The fourth-order valence-electron chi connectivity index (χ4n) is 2.23. The van der Waals surface area contributed by atoms with Gasteiger partial charge >= 0.3 is 0 Å². The van der Waals surface area contributed by atoms with Gasteiger partial charge in [-0.15, -0.1) is 0 Å². The fraction of sp³-hybridized carbons (Fsp3) is 0.500. The van der Waals surface area contributed by atoms with Crippen molar-refractivity contribution in [3.05, 3.63) is 29.3 Å². The molecule has 0 bridgehead atoms. The summed E-state index contributed by atoms with van der Waals surface area (Å²) in [6.07, 6.45) is 1.16. The highest BCUT2D eigenvalue weighted by Gasteiger charge is 2.21. The molecule has 1 aromatic carbocycles. The van der Waals surface area contributed by atoms with Gasteiger partial charge in [-0.25, -0.2) is 0 Å². The van der Waals surface area contributed by atoms with Crippen molar-refractivity contribution in [2.75, 3.05) is 23.7 Å². The molecule has 1 aromatic rings. The summed E-state index contributed by atoms with van der Waals surface area (Å²) in [7, 11) is 0. The SMILES string of the molecule is CCC1CN(c2ccc(CO)cc2C#N)CCS1. The van der Waals surface area contributed by atoms with Crippen LogP contribution in [0.25, 0.3) is 0 Å². The van der Waals surface area contributed by atoms with Crippen LogP contribution in [0.1, 0.15) is 24.5 Å². The van der Waals surface area contributed by atoms with E-state index in [1.807, 2.05) is 23.9 Å². The van der Waals surface area contributed by atoms with Crippen molar-refractivity contribution in [2.24, 2.45) is 0 Å². The topological polar surface area (TPSA) is 47.3 Å². The number of hydrogen-bond donors (Lipinski definition) is 1.